The molecule has 1 amide bonds. The summed E-state index contributed by atoms with van der Waals surface area (Å²) in [5, 5.41) is 0. The highest BCUT2D eigenvalue weighted by molar-refractivity contribution is 6.07. The van der Waals surface area contributed by atoms with Crippen LogP contribution in [0.2, 0.25) is 0 Å². The monoisotopic (exact) mass is 245 g/mol. The van der Waals surface area contributed by atoms with E-state index < -0.39 is 0 Å². The maximum atomic E-state index is 12.3. The number of nitrogens with two attached hydrogens (primary N) is 1. The summed E-state index contributed by atoms with van der Waals surface area (Å²) in [6.07, 6.45) is 5.32. The van der Waals surface area contributed by atoms with Crippen LogP contribution in [-0.2, 0) is 6.42 Å². The van der Waals surface area contributed by atoms with Crippen LogP contribution in [0, 0.1) is 0 Å². The van der Waals surface area contributed by atoms with Crippen molar-refractivity contribution in [1.29, 1.82) is 0 Å². The third-order valence-electron chi connectivity index (χ3n) is 2.79. The predicted molar refractivity (Wildman–Crippen MR) is 69.5 cm³/mol. The van der Waals surface area contributed by atoms with Gasteiger partial charge in [-0.3, -0.25) is 9.78 Å². The van der Waals surface area contributed by atoms with Gasteiger partial charge in [-0.25, -0.2) is 0 Å². The second kappa shape index (κ2) is 4.91. The van der Waals surface area contributed by atoms with Gasteiger partial charge in [0.1, 0.15) is 5.76 Å². The van der Waals surface area contributed by atoms with Gasteiger partial charge in [-0.15, -0.1) is 0 Å². The zero-order valence-electron chi connectivity index (χ0n) is 10.4. The lowest BCUT2D eigenvalue weighted by molar-refractivity contribution is 0.0991. The summed E-state index contributed by atoms with van der Waals surface area (Å²) in [5.41, 5.74) is 7.47. The van der Waals surface area contributed by atoms with Gasteiger partial charge >= 0.3 is 0 Å². The molecule has 0 bridgehead atoms. The number of aromatic nitrogens is 1. The van der Waals surface area contributed by atoms with E-state index in [9.17, 15) is 4.79 Å². The lowest BCUT2D eigenvalue weighted by Gasteiger charge is -2.18. The number of carbonyl (C=O) groups excluding carboxylic acids is 1. The molecule has 2 aromatic rings. The first-order valence-electron chi connectivity index (χ1n) is 5.69. The van der Waals surface area contributed by atoms with Crippen molar-refractivity contribution in [3.8, 4) is 0 Å². The number of anilines is 2. The highest BCUT2D eigenvalue weighted by atomic mass is 16.3. The molecule has 18 heavy (non-hydrogen) atoms. The maximum Gasteiger partial charge on any atom is 0.261 e. The minimum absolute atomic E-state index is 0.140. The minimum Gasteiger partial charge on any atom is -0.469 e. The van der Waals surface area contributed by atoms with E-state index in [1.165, 1.54) is 17.4 Å². The fraction of sp³-hybridized carbons (Fsp3) is 0.231. The molecule has 2 N–H and O–H groups in total. The van der Waals surface area contributed by atoms with E-state index in [4.69, 9.17) is 10.2 Å². The molecular weight excluding hydrogens is 230 g/mol. The van der Waals surface area contributed by atoms with Gasteiger partial charge in [0.2, 0.25) is 0 Å². The van der Waals surface area contributed by atoms with Crippen LogP contribution in [0.1, 0.15) is 23.0 Å². The number of pyridine rings is 1. The van der Waals surface area contributed by atoms with E-state index >= 15 is 0 Å². The Hall–Kier alpha value is -2.30. The van der Waals surface area contributed by atoms with Gasteiger partial charge in [0.05, 0.1) is 29.4 Å². The van der Waals surface area contributed by atoms with Gasteiger partial charge in [-0.05, 0) is 12.1 Å². The Morgan fingerprint density at radius 1 is 1.50 bits per heavy atom. The van der Waals surface area contributed by atoms with Crippen molar-refractivity contribution in [2.75, 3.05) is 17.7 Å². The standard InChI is InChI=1S/C13H15N3O2/c1-3-12-9(5-7-18-12)13(17)16(2)11-4-6-15-8-10(11)14/h4-8H,3,14H2,1-2H3. The molecule has 0 atom stereocenters. The van der Waals surface area contributed by atoms with Crippen LogP contribution in [-0.4, -0.2) is 17.9 Å². The maximum absolute atomic E-state index is 12.3. The molecule has 2 heterocycles. The summed E-state index contributed by atoms with van der Waals surface area (Å²) in [6, 6.07) is 3.38. The van der Waals surface area contributed by atoms with E-state index in [1.54, 1.807) is 25.4 Å². The summed E-state index contributed by atoms with van der Waals surface area (Å²) < 4.78 is 5.26. The summed E-state index contributed by atoms with van der Waals surface area (Å²) in [7, 11) is 1.68. The van der Waals surface area contributed by atoms with E-state index in [0.717, 1.165) is 0 Å². The summed E-state index contributed by atoms with van der Waals surface area (Å²) in [4.78, 5) is 17.7. The molecule has 0 unspecified atom stereocenters. The van der Waals surface area contributed by atoms with Gasteiger partial charge in [-0.2, -0.15) is 0 Å². The Labute approximate surface area is 105 Å². The zero-order chi connectivity index (χ0) is 13.1. The van der Waals surface area contributed by atoms with Gasteiger partial charge in [0.15, 0.2) is 0 Å². The Morgan fingerprint density at radius 3 is 2.94 bits per heavy atom. The molecule has 2 rings (SSSR count). The number of hydrogen-bond acceptors (Lipinski definition) is 4. The van der Waals surface area contributed by atoms with Crippen molar-refractivity contribution in [3.63, 3.8) is 0 Å². The molecule has 0 saturated carbocycles. The van der Waals surface area contributed by atoms with Crippen LogP contribution in [0.15, 0.2) is 35.2 Å². The average Bonchev–Trinajstić information content (AvgIpc) is 2.86. The molecule has 94 valence electrons. The number of amides is 1. The SMILES string of the molecule is CCc1occc1C(=O)N(C)c1ccncc1N. The number of nitrogen functional groups attached to an aromatic ring is 1. The smallest absolute Gasteiger partial charge is 0.261 e. The quantitative estimate of drug-likeness (QED) is 0.898. The van der Waals surface area contributed by atoms with Crippen molar-refractivity contribution >= 4 is 17.3 Å². The predicted octanol–water partition coefficient (Wildman–Crippen LogP) is 2.10. The first-order chi connectivity index (χ1) is 8.65. The molecule has 0 saturated heterocycles. The molecule has 0 aliphatic rings. The topological polar surface area (TPSA) is 72.4 Å². The number of carbonyl (C=O) groups is 1. The highest BCUT2D eigenvalue weighted by Gasteiger charge is 2.19. The number of aryl methyl sites for hydroxylation is 1. The van der Waals surface area contributed by atoms with E-state index in [-0.39, 0.29) is 5.91 Å². The van der Waals surface area contributed by atoms with E-state index in [2.05, 4.69) is 4.98 Å². The fourth-order valence-electron chi connectivity index (χ4n) is 1.80. The van der Waals surface area contributed by atoms with Crippen molar-refractivity contribution in [1.82, 2.24) is 4.98 Å². The average molecular weight is 245 g/mol. The largest absolute Gasteiger partial charge is 0.469 e. The third-order valence-corrected chi connectivity index (χ3v) is 2.79. The van der Waals surface area contributed by atoms with Crippen LogP contribution in [0.3, 0.4) is 0 Å². The van der Waals surface area contributed by atoms with Crippen molar-refractivity contribution in [3.05, 3.63) is 42.1 Å². The van der Waals surface area contributed by atoms with E-state index in [1.807, 2.05) is 6.92 Å². The number of rotatable bonds is 3. The number of hydrogen-bond donors (Lipinski definition) is 1. The molecule has 0 aromatic carbocycles. The fourth-order valence-corrected chi connectivity index (χ4v) is 1.80. The molecule has 0 aliphatic carbocycles. The molecule has 0 radical (unpaired) electrons. The molecule has 2 aromatic heterocycles. The van der Waals surface area contributed by atoms with Crippen molar-refractivity contribution in [2.45, 2.75) is 13.3 Å². The Morgan fingerprint density at radius 2 is 2.28 bits per heavy atom. The highest BCUT2D eigenvalue weighted by Crippen LogP contribution is 2.23. The minimum atomic E-state index is -0.140. The summed E-state index contributed by atoms with van der Waals surface area (Å²) in [5.74, 6) is 0.540. The lowest BCUT2D eigenvalue weighted by Crippen LogP contribution is -2.27. The lowest BCUT2D eigenvalue weighted by atomic mass is 10.2. The second-order valence-electron chi connectivity index (χ2n) is 3.91. The molecule has 0 spiro atoms. The molecule has 0 aliphatic heterocycles. The second-order valence-corrected chi connectivity index (χ2v) is 3.91. The van der Waals surface area contributed by atoms with Crippen LogP contribution >= 0.6 is 0 Å². The third kappa shape index (κ3) is 2.07. The van der Waals surface area contributed by atoms with Crippen LogP contribution in [0.5, 0.6) is 0 Å². The van der Waals surface area contributed by atoms with Gasteiger partial charge in [-0.1, -0.05) is 6.92 Å². The Bertz CT molecular complexity index is 563. The molecular formula is C13H15N3O2. The van der Waals surface area contributed by atoms with Crippen LogP contribution in [0.25, 0.3) is 0 Å². The van der Waals surface area contributed by atoms with Crippen molar-refractivity contribution in [2.24, 2.45) is 0 Å². The summed E-state index contributed by atoms with van der Waals surface area (Å²) in [6.45, 7) is 1.94. The summed E-state index contributed by atoms with van der Waals surface area (Å²) >= 11 is 0. The first-order valence-corrected chi connectivity index (χ1v) is 5.69. The van der Waals surface area contributed by atoms with Crippen LogP contribution in [0.4, 0.5) is 11.4 Å². The Kier molecular flexibility index (Phi) is 3.32. The normalized spacial score (nSPS) is 10.3. The van der Waals surface area contributed by atoms with Crippen molar-refractivity contribution < 1.29 is 9.21 Å². The van der Waals surface area contributed by atoms with Gasteiger partial charge in [0, 0.05) is 19.7 Å². The molecule has 5 heteroatoms. The van der Waals surface area contributed by atoms with E-state index in [0.29, 0.717) is 29.1 Å². The molecule has 0 fully saturated rings. The van der Waals surface area contributed by atoms with Crippen LogP contribution < -0.4 is 10.6 Å². The zero-order valence-corrected chi connectivity index (χ0v) is 10.4. The molecule has 5 nitrogen and oxygen atoms in total. The Balaban J connectivity index is 2.33. The van der Waals surface area contributed by atoms with Gasteiger partial charge < -0.3 is 15.1 Å². The first kappa shape index (κ1) is 12.2. The number of nitrogens with zero attached hydrogens (tertiary/aromatic N) is 2. The number of furan rings is 1. The van der Waals surface area contributed by atoms with Gasteiger partial charge in [0.25, 0.3) is 5.91 Å².